The van der Waals surface area contributed by atoms with Gasteiger partial charge in [-0.05, 0) is 55.2 Å². The van der Waals surface area contributed by atoms with Crippen LogP contribution in [0.4, 0.5) is 10.1 Å². The van der Waals surface area contributed by atoms with E-state index < -0.39 is 11.9 Å². The van der Waals surface area contributed by atoms with Crippen molar-refractivity contribution in [3.63, 3.8) is 0 Å². The predicted molar refractivity (Wildman–Crippen MR) is 86.1 cm³/mol. The summed E-state index contributed by atoms with van der Waals surface area (Å²) in [6.45, 7) is 3.08. The zero-order valence-electron chi connectivity index (χ0n) is 13.0. The molecule has 1 aromatic carbocycles. The predicted octanol–water partition coefficient (Wildman–Crippen LogP) is 2.84. The van der Waals surface area contributed by atoms with Crippen LogP contribution in [0.1, 0.15) is 16.8 Å². The molecule has 0 fully saturated rings. The topological polar surface area (TPSA) is 53.4 Å². The second-order valence-electron chi connectivity index (χ2n) is 6.02. The van der Waals surface area contributed by atoms with Crippen molar-refractivity contribution in [3.8, 4) is 0 Å². The van der Waals surface area contributed by atoms with Crippen molar-refractivity contribution < 1.29 is 14.3 Å². The Labute approximate surface area is 134 Å². The molecule has 0 amide bonds. The highest BCUT2D eigenvalue weighted by Gasteiger charge is 2.29. The van der Waals surface area contributed by atoms with Crippen LogP contribution < -0.4 is 4.90 Å². The van der Waals surface area contributed by atoms with Gasteiger partial charge in [-0.3, -0.25) is 9.78 Å². The number of halogens is 1. The first-order chi connectivity index (χ1) is 11.0. The molecular formula is C18H19FN2O2. The van der Waals surface area contributed by atoms with E-state index >= 15 is 0 Å². The van der Waals surface area contributed by atoms with E-state index in [1.54, 1.807) is 6.07 Å². The summed E-state index contributed by atoms with van der Waals surface area (Å²) < 4.78 is 13.5. The molecule has 1 atom stereocenters. The third-order valence-electron chi connectivity index (χ3n) is 4.28. The monoisotopic (exact) mass is 314 g/mol. The molecule has 1 N–H and O–H groups in total. The van der Waals surface area contributed by atoms with E-state index in [1.165, 1.54) is 12.1 Å². The van der Waals surface area contributed by atoms with Crippen molar-refractivity contribution in [2.45, 2.75) is 19.8 Å². The Morgan fingerprint density at radius 2 is 2.22 bits per heavy atom. The maximum absolute atomic E-state index is 13.5. The summed E-state index contributed by atoms with van der Waals surface area (Å²) >= 11 is 0. The molecule has 0 aliphatic carbocycles. The van der Waals surface area contributed by atoms with E-state index in [0.29, 0.717) is 19.5 Å². The number of pyridine rings is 1. The standard InChI is InChI=1S/C18H19FN2O2/c1-12-2-3-13(10-20-12)6-7-21-11-15(18(22)23)8-14-9-16(19)4-5-17(14)21/h2-5,9-10,15H,6-8,11H2,1H3,(H,22,23). The van der Waals surface area contributed by atoms with Crippen molar-refractivity contribution in [2.75, 3.05) is 18.0 Å². The minimum Gasteiger partial charge on any atom is -0.481 e. The molecule has 0 radical (unpaired) electrons. The number of nitrogens with zero attached hydrogens (tertiary/aromatic N) is 2. The highest BCUT2D eigenvalue weighted by Crippen LogP contribution is 2.30. The Kier molecular flexibility index (Phi) is 4.28. The molecule has 0 saturated carbocycles. The number of aromatic nitrogens is 1. The number of rotatable bonds is 4. The third kappa shape index (κ3) is 3.50. The van der Waals surface area contributed by atoms with Crippen LogP contribution in [0.2, 0.25) is 0 Å². The van der Waals surface area contributed by atoms with Crippen molar-refractivity contribution in [1.82, 2.24) is 4.98 Å². The van der Waals surface area contributed by atoms with Crippen LogP contribution in [-0.2, 0) is 17.6 Å². The highest BCUT2D eigenvalue weighted by atomic mass is 19.1. The van der Waals surface area contributed by atoms with Crippen LogP contribution in [-0.4, -0.2) is 29.1 Å². The third-order valence-corrected chi connectivity index (χ3v) is 4.28. The number of anilines is 1. The first kappa shape index (κ1) is 15.5. The van der Waals surface area contributed by atoms with E-state index in [0.717, 1.165) is 28.9 Å². The zero-order valence-corrected chi connectivity index (χ0v) is 13.0. The Bertz CT molecular complexity index is 715. The lowest BCUT2D eigenvalue weighted by Gasteiger charge is -2.34. The van der Waals surface area contributed by atoms with Gasteiger partial charge in [-0.1, -0.05) is 6.07 Å². The summed E-state index contributed by atoms with van der Waals surface area (Å²) in [5, 5.41) is 9.34. The van der Waals surface area contributed by atoms with Crippen LogP contribution in [0.3, 0.4) is 0 Å². The van der Waals surface area contributed by atoms with Crippen LogP contribution in [0.15, 0.2) is 36.5 Å². The number of carboxylic acids is 1. The summed E-state index contributed by atoms with van der Waals surface area (Å²) in [5.74, 6) is -1.65. The fourth-order valence-electron chi connectivity index (χ4n) is 3.01. The molecule has 4 nitrogen and oxygen atoms in total. The minimum absolute atomic E-state index is 0.322. The lowest BCUT2D eigenvalue weighted by Crippen LogP contribution is -2.40. The van der Waals surface area contributed by atoms with Crippen LogP contribution >= 0.6 is 0 Å². The Balaban J connectivity index is 1.80. The zero-order chi connectivity index (χ0) is 16.4. The van der Waals surface area contributed by atoms with Gasteiger partial charge in [-0.15, -0.1) is 0 Å². The largest absolute Gasteiger partial charge is 0.481 e. The molecule has 0 saturated heterocycles. The van der Waals surface area contributed by atoms with E-state index in [2.05, 4.69) is 4.98 Å². The average molecular weight is 314 g/mol. The van der Waals surface area contributed by atoms with Gasteiger partial charge in [0.2, 0.25) is 0 Å². The maximum atomic E-state index is 13.5. The minimum atomic E-state index is -0.832. The molecular weight excluding hydrogens is 295 g/mol. The van der Waals surface area contributed by atoms with E-state index in [4.69, 9.17) is 0 Å². The highest BCUT2D eigenvalue weighted by molar-refractivity contribution is 5.74. The van der Waals surface area contributed by atoms with Gasteiger partial charge >= 0.3 is 5.97 Å². The van der Waals surface area contributed by atoms with Gasteiger partial charge in [0.25, 0.3) is 0 Å². The molecule has 120 valence electrons. The molecule has 1 unspecified atom stereocenters. The molecule has 2 heterocycles. The number of benzene rings is 1. The van der Waals surface area contributed by atoms with E-state index in [1.807, 2.05) is 30.2 Å². The van der Waals surface area contributed by atoms with E-state index in [-0.39, 0.29) is 5.82 Å². The van der Waals surface area contributed by atoms with Crippen molar-refractivity contribution in [1.29, 1.82) is 0 Å². The Morgan fingerprint density at radius 3 is 2.91 bits per heavy atom. The van der Waals surface area contributed by atoms with Gasteiger partial charge in [0.1, 0.15) is 5.82 Å². The number of carbonyl (C=O) groups is 1. The second kappa shape index (κ2) is 6.36. The molecule has 0 spiro atoms. The fourth-order valence-corrected chi connectivity index (χ4v) is 3.01. The van der Waals surface area contributed by atoms with Gasteiger partial charge in [0.05, 0.1) is 5.92 Å². The molecule has 5 heteroatoms. The van der Waals surface area contributed by atoms with Crippen molar-refractivity contribution in [2.24, 2.45) is 5.92 Å². The summed E-state index contributed by atoms with van der Waals surface area (Å²) in [4.78, 5) is 17.7. The molecule has 1 aliphatic rings. The maximum Gasteiger partial charge on any atom is 0.308 e. The van der Waals surface area contributed by atoms with Crippen molar-refractivity contribution in [3.05, 3.63) is 59.2 Å². The number of aryl methyl sites for hydroxylation is 1. The number of fused-ring (bicyclic) bond motifs is 1. The Hall–Kier alpha value is -2.43. The molecule has 1 aromatic heterocycles. The quantitative estimate of drug-likeness (QED) is 0.943. The van der Waals surface area contributed by atoms with Gasteiger partial charge in [-0.25, -0.2) is 4.39 Å². The number of aliphatic carboxylic acids is 1. The molecule has 3 rings (SSSR count). The van der Waals surface area contributed by atoms with Crippen LogP contribution in [0.25, 0.3) is 0 Å². The molecule has 23 heavy (non-hydrogen) atoms. The van der Waals surface area contributed by atoms with Gasteiger partial charge in [0.15, 0.2) is 0 Å². The first-order valence-corrected chi connectivity index (χ1v) is 7.70. The summed E-state index contributed by atoms with van der Waals surface area (Å²) in [6.07, 6.45) is 3.00. The lowest BCUT2D eigenvalue weighted by atomic mass is 9.92. The average Bonchev–Trinajstić information content (AvgIpc) is 2.53. The Morgan fingerprint density at radius 1 is 1.39 bits per heavy atom. The first-order valence-electron chi connectivity index (χ1n) is 7.70. The van der Waals surface area contributed by atoms with Crippen LogP contribution in [0.5, 0.6) is 0 Å². The number of carboxylic acid groups (broad SMARTS) is 1. The number of hydrogen-bond acceptors (Lipinski definition) is 3. The fraction of sp³-hybridized carbons (Fsp3) is 0.333. The SMILES string of the molecule is Cc1ccc(CCN2CC(C(=O)O)Cc3cc(F)ccc32)cn1. The van der Waals surface area contributed by atoms with Gasteiger partial charge in [0, 0.05) is 30.7 Å². The van der Waals surface area contributed by atoms with E-state index in [9.17, 15) is 14.3 Å². The lowest BCUT2D eigenvalue weighted by molar-refractivity contribution is -0.141. The second-order valence-corrected chi connectivity index (χ2v) is 6.02. The van der Waals surface area contributed by atoms with Crippen molar-refractivity contribution >= 4 is 11.7 Å². The summed E-state index contributed by atoms with van der Waals surface area (Å²) in [7, 11) is 0. The number of hydrogen-bond donors (Lipinski definition) is 1. The molecule has 0 bridgehead atoms. The summed E-state index contributed by atoms with van der Waals surface area (Å²) in [5.41, 5.74) is 3.78. The normalized spacial score (nSPS) is 17.0. The molecule has 1 aliphatic heterocycles. The van der Waals surface area contributed by atoms with Gasteiger partial charge < -0.3 is 10.0 Å². The smallest absolute Gasteiger partial charge is 0.308 e. The van der Waals surface area contributed by atoms with Gasteiger partial charge in [-0.2, -0.15) is 0 Å². The summed E-state index contributed by atoms with van der Waals surface area (Å²) in [6, 6.07) is 8.63. The molecule has 2 aromatic rings. The van der Waals surface area contributed by atoms with Crippen LogP contribution in [0, 0.1) is 18.7 Å².